The van der Waals surface area contributed by atoms with E-state index in [2.05, 4.69) is 10.3 Å². The predicted molar refractivity (Wildman–Crippen MR) is 70.5 cm³/mol. The summed E-state index contributed by atoms with van der Waals surface area (Å²) in [4.78, 5) is 15.7. The van der Waals surface area contributed by atoms with Gasteiger partial charge in [-0.3, -0.25) is 4.79 Å². The lowest BCUT2D eigenvalue weighted by atomic mass is 9.52. The van der Waals surface area contributed by atoms with Crippen molar-refractivity contribution in [2.75, 3.05) is 6.61 Å². The second-order valence-electron chi connectivity index (χ2n) is 5.80. The first-order valence-corrected chi connectivity index (χ1v) is 6.74. The van der Waals surface area contributed by atoms with E-state index < -0.39 is 0 Å². The molecule has 102 valence electrons. The normalized spacial score (nSPS) is 32.3. The molecule has 3 N–H and O–H groups in total. The molecular weight excluding hydrogens is 242 g/mol. The van der Waals surface area contributed by atoms with Crippen LogP contribution in [0.15, 0.2) is 24.4 Å². The third-order valence-corrected chi connectivity index (χ3v) is 4.10. The smallest absolute Gasteiger partial charge is 0.258 e. The fraction of sp³-hybridized carbons (Fsp3) is 0.571. The van der Waals surface area contributed by atoms with Crippen LogP contribution in [-0.4, -0.2) is 29.6 Å². The Labute approximate surface area is 112 Å². The second kappa shape index (κ2) is 4.81. The minimum Gasteiger partial charge on any atom is -0.468 e. The maximum absolute atomic E-state index is 11.7. The molecule has 0 atom stereocenters. The fourth-order valence-corrected chi connectivity index (χ4v) is 3.31. The van der Waals surface area contributed by atoms with Crippen molar-refractivity contribution >= 4 is 5.91 Å². The molecule has 19 heavy (non-hydrogen) atoms. The van der Waals surface area contributed by atoms with Crippen molar-refractivity contribution in [1.82, 2.24) is 10.3 Å². The van der Waals surface area contributed by atoms with Crippen molar-refractivity contribution in [2.45, 2.75) is 37.8 Å². The molecule has 1 amide bonds. The number of aromatic nitrogens is 1. The molecule has 0 radical (unpaired) electrons. The minimum atomic E-state index is -0.0749. The van der Waals surface area contributed by atoms with Crippen LogP contribution >= 0.6 is 0 Å². The first-order valence-electron chi connectivity index (χ1n) is 6.74. The van der Waals surface area contributed by atoms with Crippen LogP contribution in [0.5, 0.6) is 5.88 Å². The van der Waals surface area contributed by atoms with Gasteiger partial charge in [0.15, 0.2) is 6.61 Å². The average Bonchev–Trinajstić information content (AvgIpc) is 2.33. The maximum Gasteiger partial charge on any atom is 0.258 e. The summed E-state index contributed by atoms with van der Waals surface area (Å²) in [7, 11) is 0. The first kappa shape index (κ1) is 12.4. The molecule has 2 saturated carbocycles. The van der Waals surface area contributed by atoms with E-state index in [0.717, 1.165) is 25.7 Å². The zero-order chi connectivity index (χ0) is 13.3. The van der Waals surface area contributed by atoms with Gasteiger partial charge in [-0.25, -0.2) is 4.98 Å². The molecule has 1 aromatic heterocycles. The largest absolute Gasteiger partial charge is 0.468 e. The molecule has 3 rings (SSSR count). The van der Waals surface area contributed by atoms with Crippen molar-refractivity contribution in [3.05, 3.63) is 24.4 Å². The van der Waals surface area contributed by atoms with Gasteiger partial charge >= 0.3 is 0 Å². The van der Waals surface area contributed by atoms with Crippen LogP contribution in [0.3, 0.4) is 0 Å². The third kappa shape index (κ3) is 2.71. The van der Waals surface area contributed by atoms with Crippen molar-refractivity contribution in [1.29, 1.82) is 0 Å². The maximum atomic E-state index is 11.7. The number of hydrogen-bond donors (Lipinski definition) is 2. The van der Waals surface area contributed by atoms with Gasteiger partial charge in [-0.1, -0.05) is 6.07 Å². The summed E-state index contributed by atoms with van der Waals surface area (Å²) in [6.45, 7) is 0.0278. The molecule has 2 aliphatic rings. The van der Waals surface area contributed by atoms with E-state index in [1.165, 1.54) is 0 Å². The molecule has 0 saturated heterocycles. The fourth-order valence-electron chi connectivity index (χ4n) is 3.31. The van der Waals surface area contributed by atoms with Crippen LogP contribution < -0.4 is 15.8 Å². The van der Waals surface area contributed by atoms with Crippen LogP contribution in [-0.2, 0) is 4.79 Å². The summed E-state index contributed by atoms with van der Waals surface area (Å²) in [6, 6.07) is 6.05. The zero-order valence-electron chi connectivity index (χ0n) is 10.8. The Kier molecular flexibility index (Phi) is 3.14. The molecule has 0 bridgehead atoms. The molecule has 1 heterocycles. The van der Waals surface area contributed by atoms with Gasteiger partial charge in [0.1, 0.15) is 0 Å². The molecule has 1 aromatic rings. The van der Waals surface area contributed by atoms with Crippen molar-refractivity contribution in [3.63, 3.8) is 0 Å². The summed E-state index contributed by atoms with van der Waals surface area (Å²) in [5.74, 6) is 0.404. The number of carbonyl (C=O) groups is 1. The molecule has 1 spiro atoms. The van der Waals surface area contributed by atoms with E-state index in [0.29, 0.717) is 23.4 Å². The van der Waals surface area contributed by atoms with Crippen LogP contribution in [0.1, 0.15) is 25.7 Å². The SMILES string of the molecule is NC1CC2(C1)CC(NC(=O)COc1ccccn1)C2. The van der Waals surface area contributed by atoms with Gasteiger partial charge in [-0.05, 0) is 37.2 Å². The highest BCUT2D eigenvalue weighted by Gasteiger charge is 2.51. The average molecular weight is 261 g/mol. The van der Waals surface area contributed by atoms with Crippen LogP contribution in [0.25, 0.3) is 0 Å². The highest BCUT2D eigenvalue weighted by atomic mass is 16.5. The van der Waals surface area contributed by atoms with Crippen LogP contribution in [0.2, 0.25) is 0 Å². The van der Waals surface area contributed by atoms with Gasteiger partial charge in [0, 0.05) is 24.3 Å². The predicted octanol–water partition coefficient (Wildman–Crippen LogP) is 0.846. The Morgan fingerprint density at radius 2 is 2.21 bits per heavy atom. The molecule has 0 aliphatic heterocycles. The van der Waals surface area contributed by atoms with Gasteiger partial charge in [-0.2, -0.15) is 0 Å². The van der Waals surface area contributed by atoms with Crippen molar-refractivity contribution < 1.29 is 9.53 Å². The monoisotopic (exact) mass is 261 g/mol. The number of nitrogens with one attached hydrogen (secondary N) is 1. The molecule has 5 heteroatoms. The van der Waals surface area contributed by atoms with E-state index in [4.69, 9.17) is 10.5 Å². The lowest BCUT2D eigenvalue weighted by Gasteiger charge is -2.56. The van der Waals surface area contributed by atoms with E-state index in [9.17, 15) is 4.79 Å². The number of ether oxygens (including phenoxy) is 1. The Morgan fingerprint density at radius 1 is 1.42 bits per heavy atom. The lowest BCUT2D eigenvalue weighted by Crippen LogP contribution is -2.59. The quantitative estimate of drug-likeness (QED) is 0.842. The van der Waals surface area contributed by atoms with E-state index in [1.54, 1.807) is 12.3 Å². The zero-order valence-corrected chi connectivity index (χ0v) is 10.8. The molecule has 5 nitrogen and oxygen atoms in total. The highest BCUT2D eigenvalue weighted by Crippen LogP contribution is 2.55. The number of amides is 1. The second-order valence-corrected chi connectivity index (χ2v) is 5.80. The molecule has 2 fully saturated rings. The summed E-state index contributed by atoms with van der Waals surface area (Å²) >= 11 is 0. The van der Waals surface area contributed by atoms with Gasteiger partial charge < -0.3 is 15.8 Å². The molecule has 2 aliphatic carbocycles. The Bertz CT molecular complexity index is 449. The summed E-state index contributed by atoms with van der Waals surface area (Å²) in [5.41, 5.74) is 6.25. The Morgan fingerprint density at radius 3 is 2.84 bits per heavy atom. The Hall–Kier alpha value is -1.62. The number of carbonyl (C=O) groups excluding carboxylic acids is 1. The van der Waals surface area contributed by atoms with E-state index >= 15 is 0 Å². The first-order chi connectivity index (χ1) is 9.15. The van der Waals surface area contributed by atoms with Gasteiger partial charge in [0.25, 0.3) is 5.91 Å². The molecule has 0 aromatic carbocycles. The summed E-state index contributed by atoms with van der Waals surface area (Å²) in [5, 5.41) is 2.99. The number of nitrogens with two attached hydrogens (primary N) is 1. The summed E-state index contributed by atoms with van der Waals surface area (Å²) in [6.07, 6.45) is 6.00. The lowest BCUT2D eigenvalue weighted by molar-refractivity contribution is -0.126. The number of pyridine rings is 1. The number of rotatable bonds is 4. The Balaban J connectivity index is 1.37. The summed E-state index contributed by atoms with van der Waals surface area (Å²) < 4.78 is 5.30. The highest BCUT2D eigenvalue weighted by molar-refractivity contribution is 5.77. The number of hydrogen-bond acceptors (Lipinski definition) is 4. The molecule has 0 unspecified atom stereocenters. The van der Waals surface area contributed by atoms with Crippen molar-refractivity contribution in [3.8, 4) is 5.88 Å². The topological polar surface area (TPSA) is 77.2 Å². The van der Waals surface area contributed by atoms with E-state index in [-0.39, 0.29) is 12.5 Å². The minimum absolute atomic E-state index is 0.0278. The van der Waals surface area contributed by atoms with Crippen LogP contribution in [0, 0.1) is 5.41 Å². The van der Waals surface area contributed by atoms with Crippen LogP contribution in [0.4, 0.5) is 0 Å². The van der Waals surface area contributed by atoms with Crippen molar-refractivity contribution in [2.24, 2.45) is 11.1 Å². The number of nitrogens with zero attached hydrogens (tertiary/aromatic N) is 1. The molecular formula is C14H19N3O2. The standard InChI is InChI=1S/C14H19N3O2/c15-10-5-14(6-10)7-11(8-14)17-12(18)9-19-13-3-1-2-4-16-13/h1-4,10-11H,5-9,15H2,(H,17,18). The third-order valence-electron chi connectivity index (χ3n) is 4.10. The van der Waals surface area contributed by atoms with E-state index in [1.807, 2.05) is 12.1 Å². The van der Waals surface area contributed by atoms with Gasteiger partial charge in [0.2, 0.25) is 5.88 Å². The van der Waals surface area contributed by atoms with Gasteiger partial charge in [0.05, 0.1) is 0 Å². The van der Waals surface area contributed by atoms with Gasteiger partial charge in [-0.15, -0.1) is 0 Å².